The minimum atomic E-state index is -4.69. The van der Waals surface area contributed by atoms with Gasteiger partial charge in [0.15, 0.2) is 5.78 Å². The van der Waals surface area contributed by atoms with Crippen LogP contribution in [0.25, 0.3) is 0 Å². The normalized spacial score (nSPS) is 11.8. The van der Waals surface area contributed by atoms with Crippen molar-refractivity contribution in [1.29, 1.82) is 0 Å². The molecular weight excluding hydrogens is 233 g/mol. The van der Waals surface area contributed by atoms with E-state index in [0.29, 0.717) is 5.56 Å². The summed E-state index contributed by atoms with van der Waals surface area (Å²) in [5.41, 5.74) is 0.641. The van der Waals surface area contributed by atoms with E-state index in [9.17, 15) is 18.0 Å². The van der Waals surface area contributed by atoms with Crippen molar-refractivity contribution in [3.8, 4) is 5.75 Å². The number of allylic oxidation sites excluding steroid dienone is 2. The van der Waals surface area contributed by atoms with E-state index in [0.717, 1.165) is 0 Å². The lowest BCUT2D eigenvalue weighted by Crippen LogP contribution is -2.17. The number of alkyl halides is 3. The molecule has 0 radical (unpaired) electrons. The Labute approximate surface area is 96.7 Å². The molecule has 0 aromatic heterocycles. The molecule has 0 atom stereocenters. The molecule has 1 aromatic carbocycles. The van der Waals surface area contributed by atoms with Crippen molar-refractivity contribution in [2.24, 2.45) is 0 Å². The topological polar surface area (TPSA) is 26.3 Å². The maximum absolute atomic E-state index is 11.9. The second-order valence-electron chi connectivity index (χ2n) is 3.33. The van der Waals surface area contributed by atoms with Crippen LogP contribution in [0.15, 0.2) is 36.4 Å². The maximum atomic E-state index is 11.9. The van der Waals surface area contributed by atoms with E-state index in [1.54, 1.807) is 13.0 Å². The number of ether oxygens (including phenoxy) is 1. The fourth-order valence-electron chi connectivity index (χ4n) is 1.25. The SMILES string of the molecule is C/C=C/C(=O)Cc1ccc(OC(F)(F)F)cc1. The third-order valence-corrected chi connectivity index (χ3v) is 1.89. The van der Waals surface area contributed by atoms with Crippen LogP contribution in [0.1, 0.15) is 12.5 Å². The Hall–Kier alpha value is -1.78. The zero-order valence-corrected chi connectivity index (χ0v) is 9.12. The van der Waals surface area contributed by atoms with E-state index >= 15 is 0 Å². The first-order valence-electron chi connectivity index (χ1n) is 4.91. The van der Waals surface area contributed by atoms with Crippen LogP contribution < -0.4 is 4.74 Å². The Morgan fingerprint density at radius 1 is 1.29 bits per heavy atom. The number of hydrogen-bond acceptors (Lipinski definition) is 2. The highest BCUT2D eigenvalue weighted by molar-refractivity contribution is 5.91. The number of halogens is 3. The third kappa shape index (κ3) is 5.19. The molecule has 0 spiro atoms. The Balaban J connectivity index is 2.65. The van der Waals surface area contributed by atoms with Crippen molar-refractivity contribution >= 4 is 5.78 Å². The summed E-state index contributed by atoms with van der Waals surface area (Å²) in [7, 11) is 0. The first kappa shape index (κ1) is 13.3. The van der Waals surface area contributed by atoms with Gasteiger partial charge < -0.3 is 4.74 Å². The molecule has 0 aliphatic rings. The predicted octanol–water partition coefficient (Wildman–Crippen LogP) is 3.27. The van der Waals surface area contributed by atoms with Gasteiger partial charge in [-0.25, -0.2) is 0 Å². The molecule has 0 bridgehead atoms. The van der Waals surface area contributed by atoms with E-state index in [4.69, 9.17) is 0 Å². The third-order valence-electron chi connectivity index (χ3n) is 1.89. The number of carbonyl (C=O) groups excluding carboxylic acids is 1. The molecule has 0 heterocycles. The van der Waals surface area contributed by atoms with Crippen molar-refractivity contribution in [3.05, 3.63) is 42.0 Å². The van der Waals surface area contributed by atoms with Crippen LogP contribution in [-0.4, -0.2) is 12.1 Å². The summed E-state index contributed by atoms with van der Waals surface area (Å²) < 4.78 is 39.3. The zero-order valence-electron chi connectivity index (χ0n) is 9.12. The molecule has 0 aliphatic heterocycles. The van der Waals surface area contributed by atoms with Crippen LogP contribution in [0.5, 0.6) is 5.75 Å². The largest absolute Gasteiger partial charge is 0.573 e. The van der Waals surface area contributed by atoms with Crippen LogP contribution in [0.4, 0.5) is 13.2 Å². The van der Waals surface area contributed by atoms with Gasteiger partial charge in [-0.05, 0) is 30.7 Å². The van der Waals surface area contributed by atoms with Gasteiger partial charge in [0, 0.05) is 6.42 Å². The lowest BCUT2D eigenvalue weighted by molar-refractivity contribution is -0.274. The van der Waals surface area contributed by atoms with Crippen LogP contribution in [-0.2, 0) is 11.2 Å². The Morgan fingerprint density at radius 3 is 2.35 bits per heavy atom. The molecular formula is C12H11F3O2. The van der Waals surface area contributed by atoms with Crippen LogP contribution in [0.3, 0.4) is 0 Å². The van der Waals surface area contributed by atoms with Gasteiger partial charge in [0.25, 0.3) is 0 Å². The summed E-state index contributed by atoms with van der Waals surface area (Å²) >= 11 is 0. The number of rotatable bonds is 4. The van der Waals surface area contributed by atoms with Gasteiger partial charge in [-0.15, -0.1) is 13.2 Å². The summed E-state index contributed by atoms with van der Waals surface area (Å²) in [4.78, 5) is 11.2. The van der Waals surface area contributed by atoms with Crippen LogP contribution in [0.2, 0.25) is 0 Å². The summed E-state index contributed by atoms with van der Waals surface area (Å²) in [6.07, 6.45) is -1.50. The average Bonchev–Trinajstić information content (AvgIpc) is 2.19. The van der Waals surface area contributed by atoms with Crippen molar-refractivity contribution in [2.45, 2.75) is 19.7 Å². The van der Waals surface area contributed by atoms with E-state index in [1.165, 1.54) is 30.3 Å². The van der Waals surface area contributed by atoms with Gasteiger partial charge in [-0.3, -0.25) is 4.79 Å². The van der Waals surface area contributed by atoms with Crippen LogP contribution in [0, 0.1) is 0 Å². The van der Waals surface area contributed by atoms with Crippen LogP contribution >= 0.6 is 0 Å². The van der Waals surface area contributed by atoms with Crippen molar-refractivity contribution in [2.75, 3.05) is 0 Å². The number of benzene rings is 1. The molecule has 0 saturated carbocycles. The lowest BCUT2D eigenvalue weighted by Gasteiger charge is -2.08. The monoisotopic (exact) mass is 244 g/mol. The summed E-state index contributed by atoms with van der Waals surface area (Å²) in [5.74, 6) is -0.392. The first-order valence-corrected chi connectivity index (χ1v) is 4.91. The lowest BCUT2D eigenvalue weighted by atomic mass is 10.1. The Bertz CT molecular complexity index is 405. The molecule has 0 unspecified atom stereocenters. The van der Waals surface area contributed by atoms with E-state index in [1.807, 2.05) is 0 Å². The highest BCUT2D eigenvalue weighted by Gasteiger charge is 2.30. The highest BCUT2D eigenvalue weighted by Crippen LogP contribution is 2.22. The second-order valence-corrected chi connectivity index (χ2v) is 3.33. The fourth-order valence-corrected chi connectivity index (χ4v) is 1.25. The Kier molecular flexibility index (Phi) is 4.31. The molecule has 2 nitrogen and oxygen atoms in total. The zero-order chi connectivity index (χ0) is 12.9. The summed E-state index contributed by atoms with van der Waals surface area (Å²) in [6.45, 7) is 1.72. The number of carbonyl (C=O) groups is 1. The van der Waals surface area contributed by atoms with Gasteiger partial charge >= 0.3 is 6.36 Å². The van der Waals surface area contributed by atoms with Gasteiger partial charge in [0.05, 0.1) is 0 Å². The molecule has 0 amide bonds. The molecule has 92 valence electrons. The van der Waals surface area contributed by atoms with Crippen molar-refractivity contribution < 1.29 is 22.7 Å². The average molecular weight is 244 g/mol. The Morgan fingerprint density at radius 2 is 1.88 bits per heavy atom. The van der Waals surface area contributed by atoms with Gasteiger partial charge in [-0.2, -0.15) is 0 Å². The molecule has 0 aliphatic carbocycles. The summed E-state index contributed by atoms with van der Waals surface area (Å²) in [6, 6.07) is 5.24. The fraction of sp³-hybridized carbons (Fsp3) is 0.250. The highest BCUT2D eigenvalue weighted by atomic mass is 19.4. The number of hydrogen-bond donors (Lipinski definition) is 0. The second kappa shape index (κ2) is 5.52. The first-order chi connectivity index (χ1) is 7.90. The molecule has 5 heteroatoms. The van der Waals surface area contributed by atoms with E-state index in [-0.39, 0.29) is 18.0 Å². The van der Waals surface area contributed by atoms with Crippen molar-refractivity contribution in [1.82, 2.24) is 0 Å². The predicted molar refractivity (Wildman–Crippen MR) is 56.7 cm³/mol. The minimum Gasteiger partial charge on any atom is -0.406 e. The molecule has 0 fully saturated rings. The van der Waals surface area contributed by atoms with E-state index in [2.05, 4.69) is 4.74 Å². The quantitative estimate of drug-likeness (QED) is 0.760. The maximum Gasteiger partial charge on any atom is 0.573 e. The van der Waals surface area contributed by atoms with Gasteiger partial charge in [0.2, 0.25) is 0 Å². The van der Waals surface area contributed by atoms with Gasteiger partial charge in [-0.1, -0.05) is 18.2 Å². The molecule has 17 heavy (non-hydrogen) atoms. The standard InChI is InChI=1S/C12H11F3O2/c1-2-3-10(16)8-9-4-6-11(7-5-9)17-12(13,14)15/h2-7H,8H2,1H3/b3-2+. The van der Waals surface area contributed by atoms with Gasteiger partial charge in [0.1, 0.15) is 5.75 Å². The van der Waals surface area contributed by atoms with Crippen molar-refractivity contribution in [3.63, 3.8) is 0 Å². The van der Waals surface area contributed by atoms with E-state index < -0.39 is 6.36 Å². The molecule has 0 N–H and O–H groups in total. The number of ketones is 1. The molecule has 0 saturated heterocycles. The smallest absolute Gasteiger partial charge is 0.406 e. The molecule has 1 aromatic rings. The molecule has 1 rings (SSSR count). The summed E-state index contributed by atoms with van der Waals surface area (Å²) in [5, 5.41) is 0. The minimum absolute atomic E-state index is 0.100.